The molecule has 22 heavy (non-hydrogen) atoms. The zero-order valence-electron chi connectivity index (χ0n) is 13.2. The van der Waals surface area contributed by atoms with Crippen molar-refractivity contribution in [2.24, 2.45) is 5.92 Å². The SMILES string of the molecule is CC(O)CC1CCCN1C(=O)C(C)CSc1ccc(F)cc1. The first-order chi connectivity index (χ1) is 10.5. The van der Waals surface area contributed by atoms with Crippen molar-refractivity contribution in [2.45, 2.75) is 50.2 Å². The van der Waals surface area contributed by atoms with Crippen molar-refractivity contribution >= 4 is 17.7 Å². The molecule has 0 bridgehead atoms. The van der Waals surface area contributed by atoms with Crippen LogP contribution in [0.3, 0.4) is 0 Å². The van der Waals surface area contributed by atoms with Gasteiger partial charge in [0.25, 0.3) is 0 Å². The molecule has 1 fully saturated rings. The number of aliphatic hydroxyl groups is 1. The van der Waals surface area contributed by atoms with E-state index in [4.69, 9.17) is 0 Å². The lowest BCUT2D eigenvalue weighted by Gasteiger charge is -2.28. The second kappa shape index (κ2) is 7.97. The standard InChI is InChI=1S/C17H24FNO2S/c1-12(11-22-16-7-5-14(18)6-8-16)17(21)19-9-3-4-15(19)10-13(2)20/h5-8,12-13,15,20H,3-4,9-11H2,1-2H3. The second-order valence-electron chi connectivity index (χ2n) is 6.08. The maximum Gasteiger partial charge on any atom is 0.226 e. The van der Waals surface area contributed by atoms with Crippen LogP contribution in [0.5, 0.6) is 0 Å². The Labute approximate surface area is 135 Å². The van der Waals surface area contributed by atoms with Crippen molar-refractivity contribution in [3.63, 3.8) is 0 Å². The van der Waals surface area contributed by atoms with Crippen LogP contribution in [0.15, 0.2) is 29.2 Å². The van der Waals surface area contributed by atoms with Gasteiger partial charge < -0.3 is 10.0 Å². The van der Waals surface area contributed by atoms with E-state index in [1.54, 1.807) is 30.8 Å². The van der Waals surface area contributed by atoms with Gasteiger partial charge in [0.05, 0.1) is 6.10 Å². The van der Waals surface area contributed by atoms with E-state index < -0.39 is 0 Å². The topological polar surface area (TPSA) is 40.5 Å². The Bertz CT molecular complexity index is 492. The predicted octanol–water partition coefficient (Wildman–Crippen LogP) is 3.32. The number of hydrogen-bond acceptors (Lipinski definition) is 3. The number of carbonyl (C=O) groups excluding carboxylic acids is 1. The number of halogens is 1. The first kappa shape index (κ1) is 17.3. The van der Waals surface area contributed by atoms with Gasteiger partial charge in [0.2, 0.25) is 5.91 Å². The summed E-state index contributed by atoms with van der Waals surface area (Å²) in [6.45, 7) is 4.51. The lowest BCUT2D eigenvalue weighted by atomic mass is 10.1. The molecule has 1 aromatic rings. The number of nitrogens with zero attached hydrogens (tertiary/aromatic N) is 1. The third-order valence-electron chi connectivity index (χ3n) is 4.01. The number of hydrogen-bond donors (Lipinski definition) is 1. The van der Waals surface area contributed by atoms with Crippen molar-refractivity contribution in [3.8, 4) is 0 Å². The molecule has 1 saturated heterocycles. The molecule has 3 nitrogen and oxygen atoms in total. The fourth-order valence-electron chi connectivity index (χ4n) is 2.87. The molecule has 0 aromatic heterocycles. The Morgan fingerprint density at radius 3 is 2.73 bits per heavy atom. The molecular formula is C17H24FNO2S. The fourth-order valence-corrected chi connectivity index (χ4v) is 3.78. The van der Waals surface area contributed by atoms with E-state index in [9.17, 15) is 14.3 Å². The Morgan fingerprint density at radius 1 is 1.41 bits per heavy atom. The molecule has 5 heteroatoms. The van der Waals surface area contributed by atoms with Crippen molar-refractivity contribution < 1.29 is 14.3 Å². The van der Waals surface area contributed by atoms with E-state index in [-0.39, 0.29) is 29.8 Å². The van der Waals surface area contributed by atoms with Gasteiger partial charge in [0.15, 0.2) is 0 Å². The minimum Gasteiger partial charge on any atom is -0.393 e. The molecule has 122 valence electrons. The van der Waals surface area contributed by atoms with E-state index in [0.29, 0.717) is 12.2 Å². The molecule has 0 spiro atoms. The first-order valence-corrected chi connectivity index (χ1v) is 8.83. The van der Waals surface area contributed by atoms with Gasteiger partial charge in [-0.15, -0.1) is 11.8 Å². The van der Waals surface area contributed by atoms with Gasteiger partial charge in [0.1, 0.15) is 5.82 Å². The molecule has 1 aromatic carbocycles. The molecule has 1 amide bonds. The van der Waals surface area contributed by atoms with Crippen molar-refractivity contribution in [1.29, 1.82) is 0 Å². The van der Waals surface area contributed by atoms with E-state index in [0.717, 1.165) is 24.3 Å². The summed E-state index contributed by atoms with van der Waals surface area (Å²) in [6, 6.07) is 6.53. The monoisotopic (exact) mass is 325 g/mol. The van der Waals surface area contributed by atoms with Crippen LogP contribution in [-0.4, -0.2) is 40.4 Å². The Hall–Kier alpha value is -1.07. The quantitative estimate of drug-likeness (QED) is 0.816. The summed E-state index contributed by atoms with van der Waals surface area (Å²) in [5.41, 5.74) is 0. The molecule has 0 saturated carbocycles. The first-order valence-electron chi connectivity index (χ1n) is 7.84. The van der Waals surface area contributed by atoms with Gasteiger partial charge >= 0.3 is 0 Å². The number of thioether (sulfide) groups is 1. The number of carbonyl (C=O) groups is 1. The number of likely N-dealkylation sites (tertiary alicyclic amines) is 1. The van der Waals surface area contributed by atoms with Gasteiger partial charge in [-0.25, -0.2) is 4.39 Å². The van der Waals surface area contributed by atoms with E-state index in [2.05, 4.69) is 0 Å². The van der Waals surface area contributed by atoms with Crippen LogP contribution in [0.2, 0.25) is 0 Å². The minimum atomic E-state index is -0.373. The van der Waals surface area contributed by atoms with Gasteiger partial charge in [-0.2, -0.15) is 0 Å². The Kier molecular flexibility index (Phi) is 6.26. The molecule has 0 aliphatic carbocycles. The van der Waals surface area contributed by atoms with Crippen molar-refractivity contribution in [2.75, 3.05) is 12.3 Å². The van der Waals surface area contributed by atoms with Crippen LogP contribution in [0.25, 0.3) is 0 Å². The highest BCUT2D eigenvalue weighted by Gasteiger charge is 2.31. The van der Waals surface area contributed by atoms with Crippen LogP contribution in [0, 0.1) is 11.7 Å². The molecule has 1 heterocycles. The normalized spacial score (nSPS) is 20.9. The number of aliphatic hydroxyl groups excluding tert-OH is 1. The fraction of sp³-hybridized carbons (Fsp3) is 0.588. The summed E-state index contributed by atoms with van der Waals surface area (Å²) >= 11 is 1.58. The molecule has 1 N–H and O–H groups in total. The summed E-state index contributed by atoms with van der Waals surface area (Å²) in [7, 11) is 0. The van der Waals surface area contributed by atoms with Crippen LogP contribution >= 0.6 is 11.8 Å². The van der Waals surface area contributed by atoms with Crippen LogP contribution in [0.1, 0.15) is 33.1 Å². The van der Waals surface area contributed by atoms with Gasteiger partial charge in [0, 0.05) is 29.2 Å². The van der Waals surface area contributed by atoms with Gasteiger partial charge in [-0.05, 0) is 50.5 Å². The number of rotatable bonds is 6. The zero-order valence-corrected chi connectivity index (χ0v) is 14.0. The van der Waals surface area contributed by atoms with Gasteiger partial charge in [-0.1, -0.05) is 6.92 Å². The lowest BCUT2D eigenvalue weighted by Crippen LogP contribution is -2.40. The predicted molar refractivity (Wildman–Crippen MR) is 87.3 cm³/mol. The Balaban J connectivity index is 1.87. The average molecular weight is 325 g/mol. The smallest absolute Gasteiger partial charge is 0.226 e. The molecule has 3 atom stereocenters. The highest BCUT2D eigenvalue weighted by molar-refractivity contribution is 7.99. The molecule has 2 rings (SSSR count). The summed E-state index contributed by atoms with van der Waals surface area (Å²) in [5.74, 6) is 0.524. The minimum absolute atomic E-state index is 0.0790. The summed E-state index contributed by atoms with van der Waals surface area (Å²) in [4.78, 5) is 15.5. The third kappa shape index (κ3) is 4.71. The highest BCUT2D eigenvalue weighted by atomic mass is 32.2. The van der Waals surface area contributed by atoms with Crippen LogP contribution in [0.4, 0.5) is 4.39 Å². The maximum absolute atomic E-state index is 12.9. The van der Waals surface area contributed by atoms with Crippen molar-refractivity contribution in [3.05, 3.63) is 30.1 Å². The van der Waals surface area contributed by atoms with E-state index >= 15 is 0 Å². The Morgan fingerprint density at radius 2 is 2.09 bits per heavy atom. The maximum atomic E-state index is 12.9. The summed E-state index contributed by atoms with van der Waals surface area (Å²) in [5, 5.41) is 9.55. The van der Waals surface area contributed by atoms with E-state index in [1.807, 2.05) is 11.8 Å². The number of amides is 1. The zero-order chi connectivity index (χ0) is 16.1. The average Bonchev–Trinajstić information content (AvgIpc) is 2.92. The third-order valence-corrected chi connectivity index (χ3v) is 5.28. The molecule has 0 radical (unpaired) electrons. The molecule has 1 aliphatic rings. The lowest BCUT2D eigenvalue weighted by molar-refractivity contribution is -0.135. The number of benzene rings is 1. The van der Waals surface area contributed by atoms with Crippen LogP contribution in [-0.2, 0) is 4.79 Å². The molecule has 3 unspecified atom stereocenters. The van der Waals surface area contributed by atoms with Crippen molar-refractivity contribution in [1.82, 2.24) is 4.90 Å². The second-order valence-corrected chi connectivity index (χ2v) is 7.17. The van der Waals surface area contributed by atoms with E-state index in [1.165, 1.54) is 12.1 Å². The summed E-state index contributed by atoms with van der Waals surface area (Å²) in [6.07, 6.45) is 2.28. The highest BCUT2D eigenvalue weighted by Crippen LogP contribution is 2.26. The molecule has 1 aliphatic heterocycles. The summed E-state index contributed by atoms with van der Waals surface area (Å²) < 4.78 is 12.9. The van der Waals surface area contributed by atoms with Crippen LogP contribution < -0.4 is 0 Å². The largest absolute Gasteiger partial charge is 0.393 e. The molecular weight excluding hydrogens is 301 g/mol. The van der Waals surface area contributed by atoms with Gasteiger partial charge in [-0.3, -0.25) is 4.79 Å².